The first-order valence-electron chi connectivity index (χ1n) is 11.1. The zero-order valence-electron chi connectivity index (χ0n) is 18.3. The monoisotopic (exact) mass is 530 g/mol. The van der Waals surface area contributed by atoms with Crippen LogP contribution in [0.4, 0.5) is 17.6 Å². The number of carbonyl (C=O) groups is 1. The van der Waals surface area contributed by atoms with Gasteiger partial charge in [0.25, 0.3) is 11.5 Å². The Balaban J connectivity index is 1.35. The van der Waals surface area contributed by atoms with E-state index in [4.69, 9.17) is 28.0 Å². The van der Waals surface area contributed by atoms with Crippen molar-refractivity contribution in [3.05, 3.63) is 62.6 Å². The van der Waals surface area contributed by atoms with Gasteiger partial charge < -0.3 is 15.1 Å². The fraction of sp³-hybridized carbons (Fsp3) is 0.435. The lowest BCUT2D eigenvalue weighted by Gasteiger charge is -2.30. The molecule has 3 aliphatic rings. The third-order valence-electron chi connectivity index (χ3n) is 6.72. The third-order valence-corrected chi connectivity index (χ3v) is 7.27. The number of hydrogen-bond donors (Lipinski definition) is 1. The van der Waals surface area contributed by atoms with Gasteiger partial charge in [-0.15, -0.1) is 0 Å². The molecule has 35 heavy (non-hydrogen) atoms. The Bertz CT molecular complexity index is 1190. The van der Waals surface area contributed by atoms with Crippen LogP contribution in [-0.2, 0) is 23.5 Å². The van der Waals surface area contributed by atoms with Crippen molar-refractivity contribution < 1.29 is 27.2 Å². The van der Waals surface area contributed by atoms with E-state index in [9.17, 15) is 22.4 Å². The lowest BCUT2D eigenvalue weighted by atomic mass is 9.89. The molecule has 1 N–H and O–H groups in total. The molecule has 0 saturated heterocycles. The van der Waals surface area contributed by atoms with E-state index in [-0.39, 0.29) is 36.6 Å². The molecule has 0 spiro atoms. The summed E-state index contributed by atoms with van der Waals surface area (Å²) in [6.45, 7) is 0.497. The van der Waals surface area contributed by atoms with Gasteiger partial charge in [0, 0.05) is 30.9 Å². The molecule has 3 heterocycles. The van der Waals surface area contributed by atoms with Crippen LogP contribution >= 0.6 is 23.2 Å². The molecule has 1 aromatic heterocycles. The fourth-order valence-corrected chi connectivity index (χ4v) is 5.25. The lowest BCUT2D eigenvalue weighted by molar-refractivity contribution is -0.275. The van der Waals surface area contributed by atoms with Gasteiger partial charge in [-0.25, -0.2) is 4.39 Å². The minimum Gasteiger partial charge on any atom is -0.372 e. The summed E-state index contributed by atoms with van der Waals surface area (Å²) in [7, 11) is 0. The van der Waals surface area contributed by atoms with Crippen LogP contribution < -0.4 is 5.32 Å². The van der Waals surface area contributed by atoms with Crippen LogP contribution in [0.15, 0.2) is 29.6 Å². The first kappa shape index (κ1) is 24.1. The average Bonchev–Trinajstić information content (AvgIpc) is 3.55. The summed E-state index contributed by atoms with van der Waals surface area (Å²) < 4.78 is 56.6. The highest BCUT2D eigenvalue weighted by Crippen LogP contribution is 2.50. The maximum absolute atomic E-state index is 14.2. The van der Waals surface area contributed by atoms with Crippen LogP contribution in [-0.4, -0.2) is 33.8 Å². The highest BCUT2D eigenvalue weighted by atomic mass is 35.5. The number of nitrogens with one attached hydrogen (secondary N) is 1. The molecule has 2 aromatic rings. The van der Waals surface area contributed by atoms with E-state index < -0.39 is 39.6 Å². The third kappa shape index (κ3) is 4.31. The van der Waals surface area contributed by atoms with Crippen molar-refractivity contribution in [2.24, 2.45) is 5.16 Å². The van der Waals surface area contributed by atoms with Crippen molar-refractivity contribution in [1.82, 2.24) is 15.2 Å². The van der Waals surface area contributed by atoms with E-state index in [1.165, 1.54) is 0 Å². The number of halogens is 6. The maximum atomic E-state index is 14.2. The van der Waals surface area contributed by atoms with E-state index >= 15 is 0 Å². The quantitative estimate of drug-likeness (QED) is 0.408. The van der Waals surface area contributed by atoms with E-state index in [2.05, 4.69) is 15.5 Å². The van der Waals surface area contributed by atoms with Gasteiger partial charge in [0.1, 0.15) is 11.5 Å². The summed E-state index contributed by atoms with van der Waals surface area (Å²) >= 11 is 11.5. The minimum atomic E-state index is -4.89. The first-order chi connectivity index (χ1) is 16.6. The number of hydrogen-bond acceptors (Lipinski definition) is 5. The Labute approximate surface area is 208 Å². The summed E-state index contributed by atoms with van der Waals surface area (Å²) in [5.74, 6) is -1.21. The number of aromatic nitrogens is 1. The van der Waals surface area contributed by atoms with Crippen molar-refractivity contribution >= 4 is 34.9 Å². The second kappa shape index (κ2) is 8.81. The molecule has 1 amide bonds. The molecule has 1 unspecified atom stereocenters. The standard InChI is InChI=1S/C23H20Cl2F4N4O2/c24-16-6-14(7-17(25)20(16)26)22(23(27,28)29)8-19(32-35-22)33-10-12-5-18(30-9-13(12)11-33)21(34)31-15-3-1-2-4-15/h5-7,9,15H,1-4,8,10-11H2,(H,31,34). The maximum Gasteiger partial charge on any atom is 0.435 e. The summed E-state index contributed by atoms with van der Waals surface area (Å²) in [6.07, 6.45) is 0.0692. The lowest BCUT2D eigenvalue weighted by Crippen LogP contribution is -2.44. The number of alkyl halides is 3. The molecule has 2 aliphatic heterocycles. The van der Waals surface area contributed by atoms with Crippen molar-refractivity contribution in [3.8, 4) is 0 Å². The normalized spacial score (nSPS) is 22.2. The Morgan fingerprint density at radius 2 is 1.77 bits per heavy atom. The van der Waals surface area contributed by atoms with Crippen molar-refractivity contribution in [2.45, 2.75) is 63.0 Å². The van der Waals surface area contributed by atoms with E-state index in [0.29, 0.717) is 0 Å². The number of oxime groups is 1. The molecule has 1 atom stereocenters. The number of fused-ring (bicyclic) bond motifs is 1. The SMILES string of the molecule is O=C(NC1CCCC1)c1cc2c(cn1)CN(C1=NOC(c3cc(Cl)c(F)c(Cl)c3)(C(F)(F)F)C1)C2. The number of amidine groups is 1. The molecular weight excluding hydrogens is 511 g/mol. The second-order valence-corrected chi connectivity index (χ2v) is 9.82. The molecule has 1 aliphatic carbocycles. The Hall–Kier alpha value is -2.59. The molecule has 1 saturated carbocycles. The van der Waals surface area contributed by atoms with Crippen molar-refractivity contribution in [2.75, 3.05) is 0 Å². The topological polar surface area (TPSA) is 66.8 Å². The van der Waals surface area contributed by atoms with Gasteiger partial charge in [-0.05, 0) is 42.2 Å². The molecule has 186 valence electrons. The largest absolute Gasteiger partial charge is 0.435 e. The summed E-state index contributed by atoms with van der Waals surface area (Å²) in [6, 6.07) is 3.51. The Kier molecular flexibility index (Phi) is 6.07. The van der Waals surface area contributed by atoms with Gasteiger partial charge in [0.05, 0.1) is 16.5 Å². The summed E-state index contributed by atoms with van der Waals surface area (Å²) in [4.78, 5) is 23.4. The van der Waals surface area contributed by atoms with E-state index in [1.54, 1.807) is 17.2 Å². The van der Waals surface area contributed by atoms with Gasteiger partial charge in [0.15, 0.2) is 5.82 Å². The summed E-state index contributed by atoms with van der Waals surface area (Å²) in [5.41, 5.74) is -1.48. The zero-order valence-corrected chi connectivity index (χ0v) is 19.8. The highest BCUT2D eigenvalue weighted by molar-refractivity contribution is 6.35. The van der Waals surface area contributed by atoms with Crippen LogP contribution in [0.3, 0.4) is 0 Å². The molecule has 1 aromatic carbocycles. The molecule has 0 bridgehead atoms. The van der Waals surface area contributed by atoms with Gasteiger partial charge in [-0.3, -0.25) is 9.78 Å². The summed E-state index contributed by atoms with van der Waals surface area (Å²) in [5, 5.41) is 5.64. The Morgan fingerprint density at radius 1 is 1.11 bits per heavy atom. The number of amides is 1. The van der Waals surface area contributed by atoms with E-state index in [0.717, 1.165) is 48.9 Å². The van der Waals surface area contributed by atoms with Crippen LogP contribution in [0.25, 0.3) is 0 Å². The number of nitrogens with zero attached hydrogens (tertiary/aromatic N) is 3. The number of rotatable bonds is 3. The Morgan fingerprint density at radius 3 is 2.43 bits per heavy atom. The number of benzene rings is 1. The van der Waals surface area contributed by atoms with Crippen LogP contribution in [0.2, 0.25) is 10.0 Å². The predicted molar refractivity (Wildman–Crippen MR) is 120 cm³/mol. The molecule has 1 fully saturated rings. The van der Waals surface area contributed by atoms with Crippen LogP contribution in [0.1, 0.15) is 59.3 Å². The molecule has 12 heteroatoms. The molecule has 0 radical (unpaired) electrons. The average molecular weight is 531 g/mol. The highest BCUT2D eigenvalue weighted by Gasteiger charge is 2.63. The smallest absolute Gasteiger partial charge is 0.372 e. The van der Waals surface area contributed by atoms with Crippen LogP contribution in [0.5, 0.6) is 0 Å². The van der Waals surface area contributed by atoms with Crippen molar-refractivity contribution in [3.63, 3.8) is 0 Å². The van der Waals surface area contributed by atoms with Gasteiger partial charge in [-0.1, -0.05) is 41.2 Å². The second-order valence-electron chi connectivity index (χ2n) is 9.00. The van der Waals surface area contributed by atoms with E-state index in [1.807, 2.05) is 0 Å². The zero-order chi connectivity index (χ0) is 25.0. The first-order valence-corrected chi connectivity index (χ1v) is 11.8. The van der Waals surface area contributed by atoms with Gasteiger partial charge in [0.2, 0.25) is 0 Å². The van der Waals surface area contributed by atoms with Crippen molar-refractivity contribution in [1.29, 1.82) is 0 Å². The molecule has 5 rings (SSSR count). The number of pyridine rings is 1. The van der Waals surface area contributed by atoms with Gasteiger partial charge >= 0.3 is 6.18 Å². The minimum absolute atomic E-state index is 0.0621. The fourth-order valence-electron chi connectivity index (χ4n) is 4.76. The molecular formula is C23H20Cl2F4N4O2. The van der Waals surface area contributed by atoms with Crippen LogP contribution in [0, 0.1) is 5.82 Å². The van der Waals surface area contributed by atoms with Gasteiger partial charge in [-0.2, -0.15) is 13.2 Å². The number of carbonyl (C=O) groups excluding carboxylic acids is 1. The predicted octanol–water partition coefficient (Wildman–Crippen LogP) is 5.71. The molecule has 6 nitrogen and oxygen atoms in total.